The maximum atomic E-state index is 6.38. The van der Waals surface area contributed by atoms with Gasteiger partial charge >= 0.3 is 0 Å². The average molecular weight is 250 g/mol. The molecule has 1 aromatic rings. The van der Waals surface area contributed by atoms with Crippen molar-refractivity contribution in [2.24, 2.45) is 5.92 Å². The molecule has 1 nitrogen and oxygen atoms in total. The Labute approximate surface area is 109 Å². The molecule has 0 radical (unpaired) electrons. The Balaban J connectivity index is 1.76. The van der Waals surface area contributed by atoms with Gasteiger partial charge in [-0.2, -0.15) is 0 Å². The summed E-state index contributed by atoms with van der Waals surface area (Å²) in [6.45, 7) is 2.37. The zero-order valence-electron chi connectivity index (χ0n) is 10.3. The second kappa shape index (κ2) is 4.99. The third kappa shape index (κ3) is 2.51. The first-order valence-corrected chi connectivity index (χ1v) is 7.21. The van der Waals surface area contributed by atoms with Crippen molar-refractivity contribution in [3.8, 4) is 0 Å². The van der Waals surface area contributed by atoms with Crippen LogP contribution < -0.4 is 5.32 Å². The van der Waals surface area contributed by atoms with Crippen LogP contribution in [0.2, 0.25) is 5.02 Å². The van der Waals surface area contributed by atoms with Gasteiger partial charge in [0.15, 0.2) is 0 Å². The van der Waals surface area contributed by atoms with Gasteiger partial charge in [0, 0.05) is 5.02 Å². The van der Waals surface area contributed by atoms with Gasteiger partial charge in [0.25, 0.3) is 0 Å². The van der Waals surface area contributed by atoms with Crippen LogP contribution in [0.3, 0.4) is 0 Å². The van der Waals surface area contributed by atoms with Gasteiger partial charge in [0.05, 0.1) is 0 Å². The van der Waals surface area contributed by atoms with Gasteiger partial charge in [0.1, 0.15) is 0 Å². The monoisotopic (exact) mass is 249 g/mol. The van der Waals surface area contributed by atoms with E-state index in [1.54, 1.807) is 0 Å². The van der Waals surface area contributed by atoms with Crippen molar-refractivity contribution in [2.45, 2.75) is 38.5 Å². The summed E-state index contributed by atoms with van der Waals surface area (Å²) in [5, 5.41) is 4.45. The normalized spacial score (nSPS) is 20.5. The molecule has 0 unspecified atom stereocenters. The average Bonchev–Trinajstić information content (AvgIpc) is 2.79. The van der Waals surface area contributed by atoms with E-state index in [1.165, 1.54) is 68.3 Å². The van der Waals surface area contributed by atoms with E-state index in [0.717, 1.165) is 10.9 Å². The number of piperidine rings is 1. The van der Waals surface area contributed by atoms with Gasteiger partial charge in [-0.1, -0.05) is 17.7 Å². The van der Waals surface area contributed by atoms with Crippen LogP contribution in [0.1, 0.15) is 36.0 Å². The number of hydrogen-bond acceptors (Lipinski definition) is 1. The summed E-state index contributed by atoms with van der Waals surface area (Å²) in [7, 11) is 0. The number of aryl methyl sites for hydroxylation is 1. The number of fused-ring (bicyclic) bond motifs is 1. The predicted octanol–water partition coefficient (Wildman–Crippen LogP) is 3.37. The van der Waals surface area contributed by atoms with Crippen molar-refractivity contribution >= 4 is 11.6 Å². The van der Waals surface area contributed by atoms with Crippen LogP contribution in [0.5, 0.6) is 0 Å². The van der Waals surface area contributed by atoms with Crippen molar-refractivity contribution < 1.29 is 0 Å². The molecule has 0 aromatic heterocycles. The Morgan fingerprint density at radius 3 is 2.82 bits per heavy atom. The zero-order chi connectivity index (χ0) is 11.7. The molecule has 3 rings (SSSR count). The summed E-state index contributed by atoms with van der Waals surface area (Å²) in [4.78, 5) is 0. The second-order valence-electron chi connectivity index (χ2n) is 5.47. The molecule has 1 heterocycles. The molecule has 92 valence electrons. The van der Waals surface area contributed by atoms with Gasteiger partial charge in [-0.25, -0.2) is 0 Å². The lowest BCUT2D eigenvalue weighted by Gasteiger charge is -2.23. The molecule has 0 amide bonds. The summed E-state index contributed by atoms with van der Waals surface area (Å²) in [5.41, 5.74) is 4.39. The molecule has 1 N–H and O–H groups in total. The highest BCUT2D eigenvalue weighted by atomic mass is 35.5. The highest BCUT2D eigenvalue weighted by molar-refractivity contribution is 6.31. The van der Waals surface area contributed by atoms with Crippen LogP contribution in [0.15, 0.2) is 12.1 Å². The predicted molar refractivity (Wildman–Crippen MR) is 72.8 cm³/mol. The number of nitrogens with one attached hydrogen (secondary N) is 1. The molecule has 0 bridgehead atoms. The van der Waals surface area contributed by atoms with Gasteiger partial charge in [-0.15, -0.1) is 0 Å². The van der Waals surface area contributed by atoms with Gasteiger partial charge in [-0.05, 0) is 80.3 Å². The van der Waals surface area contributed by atoms with E-state index in [1.807, 2.05) is 0 Å². The molecule has 1 aliphatic heterocycles. The molecule has 17 heavy (non-hydrogen) atoms. The van der Waals surface area contributed by atoms with Gasteiger partial charge < -0.3 is 5.32 Å². The minimum Gasteiger partial charge on any atom is -0.317 e. The van der Waals surface area contributed by atoms with E-state index in [-0.39, 0.29) is 0 Å². The zero-order valence-corrected chi connectivity index (χ0v) is 11.0. The largest absolute Gasteiger partial charge is 0.317 e. The van der Waals surface area contributed by atoms with Crippen molar-refractivity contribution in [2.75, 3.05) is 13.1 Å². The first-order chi connectivity index (χ1) is 8.33. The fourth-order valence-electron chi connectivity index (χ4n) is 3.25. The summed E-state index contributed by atoms with van der Waals surface area (Å²) < 4.78 is 0. The van der Waals surface area contributed by atoms with Crippen molar-refractivity contribution in [3.63, 3.8) is 0 Å². The van der Waals surface area contributed by atoms with Crippen LogP contribution in [0.4, 0.5) is 0 Å². The maximum absolute atomic E-state index is 6.38. The molecule has 1 aliphatic carbocycles. The Morgan fingerprint density at radius 2 is 2.00 bits per heavy atom. The molecular weight excluding hydrogens is 230 g/mol. The Kier molecular flexibility index (Phi) is 3.39. The minimum absolute atomic E-state index is 0.853. The highest BCUT2D eigenvalue weighted by Gasteiger charge is 2.18. The topological polar surface area (TPSA) is 12.0 Å². The van der Waals surface area contributed by atoms with Crippen molar-refractivity contribution in [3.05, 3.63) is 33.8 Å². The standard InChI is InChI=1S/C15H20ClN/c16-15-10-12(8-11-4-6-17-7-5-11)9-13-2-1-3-14(13)15/h9-11,17H,1-8H2. The Hall–Kier alpha value is -0.530. The third-order valence-electron chi connectivity index (χ3n) is 4.20. The first-order valence-electron chi connectivity index (χ1n) is 6.84. The number of hydrogen-bond donors (Lipinski definition) is 1. The third-order valence-corrected chi connectivity index (χ3v) is 4.54. The smallest absolute Gasteiger partial charge is 0.0443 e. The van der Waals surface area contributed by atoms with E-state index < -0.39 is 0 Å². The molecule has 2 aliphatic rings. The first kappa shape index (κ1) is 11.6. The second-order valence-corrected chi connectivity index (χ2v) is 5.87. The van der Waals surface area contributed by atoms with E-state index in [4.69, 9.17) is 11.6 Å². The molecule has 1 aromatic carbocycles. The van der Waals surface area contributed by atoms with Crippen LogP contribution in [0.25, 0.3) is 0 Å². The molecule has 0 atom stereocenters. The minimum atomic E-state index is 0.853. The lowest BCUT2D eigenvalue weighted by atomic mass is 9.90. The summed E-state index contributed by atoms with van der Waals surface area (Å²) in [6.07, 6.45) is 7.54. The van der Waals surface area contributed by atoms with Gasteiger partial charge in [0.2, 0.25) is 0 Å². The summed E-state index contributed by atoms with van der Waals surface area (Å²) in [5.74, 6) is 0.853. The fraction of sp³-hybridized carbons (Fsp3) is 0.600. The molecule has 2 heteroatoms. The van der Waals surface area contributed by atoms with Crippen LogP contribution in [-0.4, -0.2) is 13.1 Å². The van der Waals surface area contributed by atoms with Crippen LogP contribution in [0, 0.1) is 5.92 Å². The van der Waals surface area contributed by atoms with E-state index in [9.17, 15) is 0 Å². The van der Waals surface area contributed by atoms with Crippen LogP contribution in [-0.2, 0) is 19.3 Å². The molecule has 0 spiro atoms. The maximum Gasteiger partial charge on any atom is 0.0443 e. The molecule has 1 saturated heterocycles. The molecular formula is C15H20ClN. The Morgan fingerprint density at radius 1 is 1.18 bits per heavy atom. The lowest BCUT2D eigenvalue weighted by Crippen LogP contribution is -2.28. The van der Waals surface area contributed by atoms with E-state index in [0.29, 0.717) is 0 Å². The lowest BCUT2D eigenvalue weighted by molar-refractivity contribution is 0.372. The van der Waals surface area contributed by atoms with E-state index >= 15 is 0 Å². The fourth-order valence-corrected chi connectivity index (χ4v) is 3.61. The number of benzene rings is 1. The summed E-state index contributed by atoms with van der Waals surface area (Å²) in [6, 6.07) is 4.63. The van der Waals surface area contributed by atoms with Gasteiger partial charge in [-0.3, -0.25) is 0 Å². The molecule has 1 fully saturated rings. The number of halogens is 1. The summed E-state index contributed by atoms with van der Waals surface area (Å²) >= 11 is 6.38. The van der Waals surface area contributed by atoms with E-state index in [2.05, 4.69) is 17.4 Å². The van der Waals surface area contributed by atoms with Crippen molar-refractivity contribution in [1.29, 1.82) is 0 Å². The molecule has 0 saturated carbocycles. The number of rotatable bonds is 2. The SMILES string of the molecule is Clc1cc(CC2CCNCC2)cc2c1CCC2. The highest BCUT2D eigenvalue weighted by Crippen LogP contribution is 2.31. The quantitative estimate of drug-likeness (QED) is 0.848. The van der Waals surface area contributed by atoms with Crippen LogP contribution >= 0.6 is 11.6 Å². The van der Waals surface area contributed by atoms with Crippen molar-refractivity contribution in [1.82, 2.24) is 5.32 Å². The Bertz CT molecular complexity index is 408.